The fourth-order valence-electron chi connectivity index (χ4n) is 4.07. The zero-order chi connectivity index (χ0) is 24.1. The van der Waals surface area contributed by atoms with Crippen molar-refractivity contribution in [3.8, 4) is 5.75 Å². The Hall–Kier alpha value is -3.78. The lowest BCUT2D eigenvalue weighted by atomic mass is 10.1. The van der Waals surface area contributed by atoms with E-state index in [-0.39, 0.29) is 24.0 Å². The van der Waals surface area contributed by atoms with Crippen molar-refractivity contribution in [2.75, 3.05) is 26.2 Å². The second kappa shape index (κ2) is 10.4. The molecule has 0 aliphatic carbocycles. The molecular weight excluding hydrogens is 437 g/mol. The molecule has 1 fully saturated rings. The molecule has 0 N–H and O–H groups in total. The first-order valence-corrected chi connectivity index (χ1v) is 11.1. The molecule has 7 nitrogen and oxygen atoms in total. The minimum absolute atomic E-state index is 0.0292. The molecule has 1 aliphatic heterocycles. The zero-order valence-electron chi connectivity index (χ0n) is 18.9. The van der Waals surface area contributed by atoms with Gasteiger partial charge in [0.1, 0.15) is 18.2 Å². The van der Waals surface area contributed by atoms with Crippen LogP contribution in [0.1, 0.15) is 27.0 Å². The van der Waals surface area contributed by atoms with Crippen LogP contribution in [0.3, 0.4) is 0 Å². The van der Waals surface area contributed by atoms with Gasteiger partial charge in [0.25, 0.3) is 11.6 Å². The minimum atomic E-state index is -0.421. The van der Waals surface area contributed by atoms with Gasteiger partial charge in [-0.25, -0.2) is 4.39 Å². The van der Waals surface area contributed by atoms with Gasteiger partial charge in [-0.15, -0.1) is 0 Å². The predicted molar refractivity (Wildman–Crippen MR) is 126 cm³/mol. The molecule has 0 saturated carbocycles. The maximum Gasteiger partial charge on any atom is 0.272 e. The molecule has 1 aliphatic rings. The van der Waals surface area contributed by atoms with E-state index in [0.717, 1.165) is 24.2 Å². The molecule has 0 radical (unpaired) electrons. The molecule has 0 spiro atoms. The fraction of sp³-hybridized carbons (Fsp3) is 0.269. The lowest BCUT2D eigenvalue weighted by Crippen LogP contribution is -2.48. The van der Waals surface area contributed by atoms with Gasteiger partial charge in [-0.2, -0.15) is 0 Å². The van der Waals surface area contributed by atoms with Crippen molar-refractivity contribution in [3.63, 3.8) is 0 Å². The largest absolute Gasteiger partial charge is 0.489 e. The van der Waals surface area contributed by atoms with Crippen molar-refractivity contribution in [2.24, 2.45) is 0 Å². The highest BCUT2D eigenvalue weighted by Crippen LogP contribution is 2.24. The number of nitro benzene ring substituents is 1. The first-order valence-electron chi connectivity index (χ1n) is 11.1. The second-order valence-corrected chi connectivity index (χ2v) is 8.39. The molecule has 1 amide bonds. The number of nitro groups is 1. The van der Waals surface area contributed by atoms with Gasteiger partial charge in [-0.3, -0.25) is 19.8 Å². The summed E-state index contributed by atoms with van der Waals surface area (Å²) in [6.45, 7) is 5.25. The standard InChI is InChI=1S/C26H26FN3O4/c1-19-14-24(8-9-25(19)30(32)33)34-18-21-5-2-6-22(15-21)26(31)29-12-10-28(11-13-29)17-20-4-3-7-23(27)16-20/h2-9,14-16H,10-13,17-18H2,1H3. The SMILES string of the molecule is Cc1cc(OCc2cccc(C(=O)N3CCN(Cc4cccc(F)c4)CC3)c2)ccc1[N+](=O)[O-]. The van der Waals surface area contributed by atoms with Crippen molar-refractivity contribution >= 4 is 11.6 Å². The lowest BCUT2D eigenvalue weighted by Gasteiger charge is -2.34. The molecule has 0 atom stereocenters. The normalized spacial score (nSPS) is 14.1. The van der Waals surface area contributed by atoms with Crippen molar-refractivity contribution in [1.29, 1.82) is 0 Å². The number of halogens is 1. The van der Waals surface area contributed by atoms with Crippen LogP contribution in [0, 0.1) is 22.9 Å². The number of rotatable bonds is 7. The fourth-order valence-corrected chi connectivity index (χ4v) is 4.07. The molecule has 3 aromatic carbocycles. The highest BCUT2D eigenvalue weighted by Gasteiger charge is 2.22. The third-order valence-electron chi connectivity index (χ3n) is 5.90. The quantitative estimate of drug-likeness (QED) is 0.379. The number of benzene rings is 3. The predicted octanol–water partition coefficient (Wildman–Crippen LogP) is 4.58. The molecule has 1 saturated heterocycles. The Labute approximate surface area is 197 Å². The number of hydrogen-bond donors (Lipinski definition) is 0. The van der Waals surface area contributed by atoms with E-state index in [1.54, 1.807) is 37.3 Å². The van der Waals surface area contributed by atoms with Gasteiger partial charge in [0.2, 0.25) is 0 Å². The third-order valence-corrected chi connectivity index (χ3v) is 5.90. The van der Waals surface area contributed by atoms with E-state index >= 15 is 0 Å². The van der Waals surface area contributed by atoms with Crippen molar-refractivity contribution < 1.29 is 18.8 Å². The van der Waals surface area contributed by atoms with Gasteiger partial charge in [0, 0.05) is 49.9 Å². The van der Waals surface area contributed by atoms with Crippen LogP contribution in [0.4, 0.5) is 10.1 Å². The molecule has 0 aromatic heterocycles. The minimum Gasteiger partial charge on any atom is -0.489 e. The highest BCUT2D eigenvalue weighted by atomic mass is 19.1. The van der Waals surface area contributed by atoms with Gasteiger partial charge < -0.3 is 9.64 Å². The number of piperazine rings is 1. The van der Waals surface area contributed by atoms with Gasteiger partial charge in [-0.05, 0) is 54.4 Å². The van der Waals surface area contributed by atoms with Crippen LogP contribution in [0.25, 0.3) is 0 Å². The summed E-state index contributed by atoms with van der Waals surface area (Å²) in [4.78, 5) is 27.6. The van der Waals surface area contributed by atoms with E-state index in [4.69, 9.17) is 4.74 Å². The van der Waals surface area contributed by atoms with Gasteiger partial charge >= 0.3 is 0 Å². The molecule has 34 heavy (non-hydrogen) atoms. The van der Waals surface area contributed by atoms with Crippen molar-refractivity contribution in [1.82, 2.24) is 9.80 Å². The Morgan fingerprint density at radius 3 is 2.44 bits per heavy atom. The van der Waals surface area contributed by atoms with E-state index in [0.29, 0.717) is 36.5 Å². The summed E-state index contributed by atoms with van der Waals surface area (Å²) < 4.78 is 19.2. The first kappa shape index (κ1) is 23.4. The van der Waals surface area contributed by atoms with Gasteiger partial charge in [0.15, 0.2) is 0 Å². The van der Waals surface area contributed by atoms with Crippen molar-refractivity contribution in [3.05, 3.63) is 105 Å². The Morgan fingerprint density at radius 1 is 1.00 bits per heavy atom. The second-order valence-electron chi connectivity index (χ2n) is 8.39. The summed E-state index contributed by atoms with van der Waals surface area (Å²) in [6, 6.07) is 18.6. The highest BCUT2D eigenvalue weighted by molar-refractivity contribution is 5.94. The molecule has 176 valence electrons. The average molecular weight is 464 g/mol. The van der Waals surface area contributed by atoms with Gasteiger partial charge in [-0.1, -0.05) is 24.3 Å². The Morgan fingerprint density at radius 2 is 1.74 bits per heavy atom. The molecule has 3 aromatic rings. The van der Waals surface area contributed by atoms with Gasteiger partial charge in [0.05, 0.1) is 4.92 Å². The molecule has 1 heterocycles. The summed E-state index contributed by atoms with van der Waals surface area (Å²) in [5.74, 6) is 0.270. The maximum absolute atomic E-state index is 13.4. The molecule has 8 heteroatoms. The smallest absolute Gasteiger partial charge is 0.272 e. The summed E-state index contributed by atoms with van der Waals surface area (Å²) in [7, 11) is 0. The van der Waals surface area contributed by atoms with Crippen LogP contribution >= 0.6 is 0 Å². The summed E-state index contributed by atoms with van der Waals surface area (Å²) >= 11 is 0. The molecule has 0 bridgehead atoms. The molecular formula is C26H26FN3O4. The van der Waals surface area contributed by atoms with Crippen LogP contribution in [-0.2, 0) is 13.2 Å². The number of aryl methyl sites for hydroxylation is 1. The third kappa shape index (κ3) is 5.77. The van der Waals surface area contributed by atoms with E-state index < -0.39 is 4.92 Å². The topological polar surface area (TPSA) is 75.9 Å². The number of carbonyl (C=O) groups excluding carboxylic acids is 1. The Bertz CT molecular complexity index is 1190. The Balaban J connectivity index is 1.32. The monoisotopic (exact) mass is 463 g/mol. The summed E-state index contributed by atoms with van der Waals surface area (Å²) in [5.41, 5.74) is 2.95. The zero-order valence-corrected chi connectivity index (χ0v) is 18.9. The van der Waals surface area contributed by atoms with E-state index in [1.165, 1.54) is 12.1 Å². The number of ether oxygens (including phenoxy) is 1. The number of amides is 1. The van der Waals surface area contributed by atoms with Crippen LogP contribution < -0.4 is 4.74 Å². The van der Waals surface area contributed by atoms with Crippen LogP contribution in [0.15, 0.2) is 66.7 Å². The molecule has 0 unspecified atom stereocenters. The van der Waals surface area contributed by atoms with E-state index in [9.17, 15) is 19.3 Å². The van der Waals surface area contributed by atoms with Crippen LogP contribution in [0.5, 0.6) is 5.75 Å². The molecule has 4 rings (SSSR count). The summed E-state index contributed by atoms with van der Waals surface area (Å²) in [6.07, 6.45) is 0. The Kier molecular flexibility index (Phi) is 7.18. The lowest BCUT2D eigenvalue weighted by molar-refractivity contribution is -0.385. The van der Waals surface area contributed by atoms with Crippen LogP contribution in [-0.4, -0.2) is 46.8 Å². The average Bonchev–Trinajstić information content (AvgIpc) is 2.83. The maximum atomic E-state index is 13.4. The number of nitrogens with zero attached hydrogens (tertiary/aromatic N) is 3. The van der Waals surface area contributed by atoms with E-state index in [2.05, 4.69) is 4.90 Å². The first-order chi connectivity index (χ1) is 16.4. The number of carbonyl (C=O) groups is 1. The van der Waals surface area contributed by atoms with E-state index in [1.807, 2.05) is 29.2 Å². The van der Waals surface area contributed by atoms with Crippen molar-refractivity contribution in [2.45, 2.75) is 20.1 Å². The van der Waals surface area contributed by atoms with Crippen LogP contribution in [0.2, 0.25) is 0 Å². The summed E-state index contributed by atoms with van der Waals surface area (Å²) in [5, 5.41) is 11.0. The number of hydrogen-bond acceptors (Lipinski definition) is 5.